The Hall–Kier alpha value is 0.570. The first-order valence-electron chi connectivity index (χ1n) is 2.33. The minimum atomic E-state index is -4.67. The summed E-state index contributed by atoms with van der Waals surface area (Å²) in [5, 5.41) is 0. The molecular formula is C3H10O4S3. The Kier molecular flexibility index (Phi) is 8.29. The smallest absolute Gasteiger partial charge is 0.264 e. The molecule has 0 spiro atoms. The van der Waals surface area contributed by atoms with Crippen LogP contribution in [0.1, 0.15) is 13.3 Å². The Bertz CT molecular complexity index is 141. The van der Waals surface area contributed by atoms with Crippen LogP contribution in [0.5, 0.6) is 0 Å². The van der Waals surface area contributed by atoms with Gasteiger partial charge in [0.2, 0.25) is 0 Å². The third kappa shape index (κ3) is 74.4. The average molecular weight is 206 g/mol. The first-order chi connectivity index (χ1) is 4.27. The Labute approximate surface area is 71.4 Å². The van der Waals surface area contributed by atoms with Gasteiger partial charge in [0.05, 0.1) is 0 Å². The van der Waals surface area contributed by atoms with Gasteiger partial charge in [0.25, 0.3) is 0 Å². The summed E-state index contributed by atoms with van der Waals surface area (Å²) in [6, 6.07) is 0. The SMILES string of the molecule is CCC(S)S.O=S(=O)(O)O. The largest absolute Gasteiger partial charge is 0.394 e. The second kappa shape index (κ2) is 6.29. The van der Waals surface area contributed by atoms with Gasteiger partial charge >= 0.3 is 10.4 Å². The van der Waals surface area contributed by atoms with Crippen LogP contribution in [0.2, 0.25) is 0 Å². The lowest BCUT2D eigenvalue weighted by Gasteiger charge is -1.89. The Morgan fingerprint density at radius 1 is 1.40 bits per heavy atom. The quantitative estimate of drug-likeness (QED) is 0.292. The van der Waals surface area contributed by atoms with Crippen LogP contribution in [-0.4, -0.2) is 22.1 Å². The van der Waals surface area contributed by atoms with E-state index in [9.17, 15) is 0 Å². The molecule has 2 N–H and O–H groups in total. The zero-order valence-corrected chi connectivity index (χ0v) is 7.90. The van der Waals surface area contributed by atoms with Crippen LogP contribution in [0.3, 0.4) is 0 Å². The summed E-state index contributed by atoms with van der Waals surface area (Å²) in [6.45, 7) is 2.05. The fourth-order valence-electron chi connectivity index (χ4n) is 0. The van der Waals surface area contributed by atoms with Crippen LogP contribution in [0.15, 0.2) is 0 Å². The normalized spacial score (nSPS) is 10.6. The summed E-state index contributed by atoms with van der Waals surface area (Å²) < 4.78 is 31.9. The number of hydrogen-bond acceptors (Lipinski definition) is 4. The third-order valence-corrected chi connectivity index (χ3v) is 1.10. The lowest BCUT2D eigenvalue weighted by molar-refractivity contribution is 0.381. The van der Waals surface area contributed by atoms with E-state index >= 15 is 0 Å². The highest BCUT2D eigenvalue weighted by Gasteiger charge is 1.84. The van der Waals surface area contributed by atoms with Gasteiger partial charge < -0.3 is 0 Å². The highest BCUT2D eigenvalue weighted by molar-refractivity contribution is 7.99. The second-order valence-electron chi connectivity index (χ2n) is 1.34. The molecule has 0 aliphatic carbocycles. The predicted molar refractivity (Wildman–Crippen MR) is 46.2 cm³/mol. The summed E-state index contributed by atoms with van der Waals surface area (Å²) in [5.41, 5.74) is 0. The van der Waals surface area contributed by atoms with Gasteiger partial charge in [-0.2, -0.15) is 33.7 Å². The van der Waals surface area contributed by atoms with Crippen molar-refractivity contribution in [3.8, 4) is 0 Å². The molecule has 0 bridgehead atoms. The molecule has 0 unspecified atom stereocenters. The van der Waals surface area contributed by atoms with Gasteiger partial charge in [0.15, 0.2) is 0 Å². The van der Waals surface area contributed by atoms with E-state index in [4.69, 9.17) is 17.5 Å². The molecule has 0 radical (unpaired) electrons. The zero-order chi connectivity index (χ0) is 8.78. The highest BCUT2D eigenvalue weighted by atomic mass is 32.3. The summed E-state index contributed by atoms with van der Waals surface area (Å²) in [5.74, 6) is 0. The molecule has 0 atom stereocenters. The summed E-state index contributed by atoms with van der Waals surface area (Å²) >= 11 is 7.92. The van der Waals surface area contributed by atoms with Crippen molar-refractivity contribution in [3.63, 3.8) is 0 Å². The van der Waals surface area contributed by atoms with Gasteiger partial charge in [-0.05, 0) is 6.42 Å². The van der Waals surface area contributed by atoms with Crippen molar-refractivity contribution in [1.82, 2.24) is 0 Å². The maximum Gasteiger partial charge on any atom is 0.394 e. The average Bonchev–Trinajstić information content (AvgIpc) is 1.61. The first kappa shape index (κ1) is 13.2. The maximum atomic E-state index is 8.74. The molecule has 0 aliphatic rings. The van der Waals surface area contributed by atoms with E-state index in [-0.39, 0.29) is 4.58 Å². The van der Waals surface area contributed by atoms with Gasteiger partial charge in [-0.15, -0.1) is 0 Å². The van der Waals surface area contributed by atoms with E-state index in [1.165, 1.54) is 0 Å². The van der Waals surface area contributed by atoms with Crippen LogP contribution in [-0.2, 0) is 10.4 Å². The molecule has 0 saturated carbocycles. The molecule has 7 heteroatoms. The van der Waals surface area contributed by atoms with Gasteiger partial charge in [-0.3, -0.25) is 9.11 Å². The minimum absolute atomic E-state index is 0.273. The van der Waals surface area contributed by atoms with Crippen LogP contribution < -0.4 is 0 Å². The van der Waals surface area contributed by atoms with Crippen molar-refractivity contribution >= 4 is 35.7 Å². The molecule has 0 aromatic carbocycles. The van der Waals surface area contributed by atoms with E-state index in [2.05, 4.69) is 25.3 Å². The molecule has 0 amide bonds. The molecule has 0 aromatic heterocycles. The van der Waals surface area contributed by atoms with E-state index in [0.29, 0.717) is 0 Å². The van der Waals surface area contributed by atoms with Gasteiger partial charge in [0.1, 0.15) is 0 Å². The molecule has 4 nitrogen and oxygen atoms in total. The Balaban J connectivity index is 0. The molecule has 0 aliphatic heterocycles. The summed E-state index contributed by atoms with van der Waals surface area (Å²) in [4.78, 5) is 0. The summed E-state index contributed by atoms with van der Waals surface area (Å²) in [7, 11) is -4.67. The van der Waals surface area contributed by atoms with Crippen molar-refractivity contribution in [2.45, 2.75) is 17.9 Å². The number of hydrogen-bond donors (Lipinski definition) is 4. The van der Waals surface area contributed by atoms with Crippen molar-refractivity contribution < 1.29 is 17.5 Å². The molecule has 0 aromatic rings. The van der Waals surface area contributed by atoms with E-state index < -0.39 is 10.4 Å². The summed E-state index contributed by atoms with van der Waals surface area (Å²) in [6.07, 6.45) is 1.03. The Morgan fingerprint density at radius 3 is 1.50 bits per heavy atom. The van der Waals surface area contributed by atoms with Crippen molar-refractivity contribution in [2.75, 3.05) is 0 Å². The third-order valence-electron chi connectivity index (χ3n) is 0.365. The Morgan fingerprint density at radius 2 is 1.50 bits per heavy atom. The molecule has 0 rings (SSSR count). The molecule has 10 heavy (non-hydrogen) atoms. The van der Waals surface area contributed by atoms with Crippen LogP contribution in [0, 0.1) is 0 Å². The lowest BCUT2D eigenvalue weighted by Crippen LogP contribution is -1.89. The fraction of sp³-hybridized carbons (Fsp3) is 1.00. The van der Waals surface area contributed by atoms with E-state index in [1.807, 2.05) is 6.92 Å². The monoisotopic (exact) mass is 206 g/mol. The number of rotatable bonds is 1. The topological polar surface area (TPSA) is 74.6 Å². The lowest BCUT2D eigenvalue weighted by atomic mass is 10.6. The minimum Gasteiger partial charge on any atom is -0.264 e. The number of thiol groups is 2. The van der Waals surface area contributed by atoms with Crippen LogP contribution in [0.25, 0.3) is 0 Å². The molecule has 0 heterocycles. The first-order valence-corrected chi connectivity index (χ1v) is 4.76. The maximum absolute atomic E-state index is 8.74. The molecule has 0 saturated heterocycles. The highest BCUT2D eigenvalue weighted by Crippen LogP contribution is 2.01. The fourth-order valence-corrected chi connectivity index (χ4v) is 0. The van der Waals surface area contributed by atoms with Crippen molar-refractivity contribution in [1.29, 1.82) is 0 Å². The standard InChI is InChI=1S/C3H8S2.H2O4S/c1-2-3(4)5;1-5(2,3)4/h3-5H,2H2,1H3;(H2,1,2,3,4). The van der Waals surface area contributed by atoms with Gasteiger partial charge in [-0.25, -0.2) is 0 Å². The van der Waals surface area contributed by atoms with Crippen LogP contribution in [0.4, 0.5) is 0 Å². The van der Waals surface area contributed by atoms with E-state index in [1.54, 1.807) is 0 Å². The molecular weight excluding hydrogens is 196 g/mol. The zero-order valence-electron chi connectivity index (χ0n) is 5.30. The second-order valence-corrected chi connectivity index (χ2v) is 3.89. The van der Waals surface area contributed by atoms with Gasteiger partial charge in [0, 0.05) is 4.58 Å². The van der Waals surface area contributed by atoms with Gasteiger partial charge in [-0.1, -0.05) is 6.92 Å². The predicted octanol–water partition coefficient (Wildman–Crippen LogP) is 0.929. The van der Waals surface area contributed by atoms with Crippen molar-refractivity contribution in [3.05, 3.63) is 0 Å². The van der Waals surface area contributed by atoms with Crippen molar-refractivity contribution in [2.24, 2.45) is 0 Å². The van der Waals surface area contributed by atoms with E-state index in [0.717, 1.165) is 6.42 Å². The van der Waals surface area contributed by atoms with Crippen LogP contribution >= 0.6 is 25.3 Å². The molecule has 64 valence electrons. The molecule has 0 fully saturated rings.